The second-order valence-corrected chi connectivity index (χ2v) is 4.50. The molecule has 3 heteroatoms. The molecule has 0 saturated heterocycles. The Hall–Kier alpha value is -1.18. The van der Waals surface area contributed by atoms with Crippen LogP contribution in [0.5, 0.6) is 11.5 Å². The SMILES string of the molecule is Cc1cc(Cl)ccc1Oc1cccc(CCl)c1. The first kappa shape index (κ1) is 12.3. The van der Waals surface area contributed by atoms with Crippen LogP contribution < -0.4 is 4.74 Å². The Labute approximate surface area is 111 Å². The number of ether oxygens (including phenoxy) is 1. The molecule has 2 aromatic carbocycles. The van der Waals surface area contributed by atoms with Crippen molar-refractivity contribution < 1.29 is 4.74 Å². The predicted molar refractivity (Wildman–Crippen MR) is 72.3 cm³/mol. The van der Waals surface area contributed by atoms with Gasteiger partial charge in [0.2, 0.25) is 0 Å². The first-order valence-corrected chi connectivity index (χ1v) is 6.19. The summed E-state index contributed by atoms with van der Waals surface area (Å²) >= 11 is 11.7. The fraction of sp³-hybridized carbons (Fsp3) is 0.143. The van der Waals surface area contributed by atoms with Crippen LogP contribution in [0.3, 0.4) is 0 Å². The van der Waals surface area contributed by atoms with Gasteiger partial charge in [-0.3, -0.25) is 0 Å². The first-order valence-electron chi connectivity index (χ1n) is 5.28. The lowest BCUT2D eigenvalue weighted by atomic mass is 10.2. The van der Waals surface area contributed by atoms with E-state index in [2.05, 4.69) is 0 Å². The van der Waals surface area contributed by atoms with Crippen LogP contribution in [0.1, 0.15) is 11.1 Å². The van der Waals surface area contributed by atoms with Crippen molar-refractivity contribution in [2.75, 3.05) is 0 Å². The molecule has 2 aromatic rings. The number of halogens is 2. The van der Waals surface area contributed by atoms with E-state index in [1.807, 2.05) is 49.4 Å². The minimum Gasteiger partial charge on any atom is -0.457 e. The van der Waals surface area contributed by atoms with Crippen LogP contribution >= 0.6 is 23.2 Å². The molecule has 2 rings (SSSR count). The summed E-state index contributed by atoms with van der Waals surface area (Å²) in [6, 6.07) is 13.3. The van der Waals surface area contributed by atoms with E-state index in [1.165, 1.54) is 0 Å². The molecule has 0 N–H and O–H groups in total. The molecule has 0 amide bonds. The summed E-state index contributed by atoms with van der Waals surface area (Å²) in [6.07, 6.45) is 0. The average Bonchev–Trinajstić information content (AvgIpc) is 2.33. The van der Waals surface area contributed by atoms with E-state index >= 15 is 0 Å². The van der Waals surface area contributed by atoms with Crippen molar-refractivity contribution in [3.8, 4) is 11.5 Å². The third kappa shape index (κ3) is 3.15. The zero-order valence-corrected chi connectivity index (χ0v) is 10.9. The van der Waals surface area contributed by atoms with Crippen LogP contribution in [0.15, 0.2) is 42.5 Å². The summed E-state index contributed by atoms with van der Waals surface area (Å²) in [4.78, 5) is 0. The Morgan fingerprint density at radius 3 is 2.65 bits per heavy atom. The van der Waals surface area contributed by atoms with Gasteiger partial charge in [0.05, 0.1) is 0 Å². The molecule has 0 fully saturated rings. The fourth-order valence-corrected chi connectivity index (χ4v) is 1.94. The average molecular weight is 267 g/mol. The number of alkyl halides is 1. The summed E-state index contributed by atoms with van der Waals surface area (Å²) in [5.74, 6) is 2.08. The normalized spacial score (nSPS) is 10.3. The van der Waals surface area contributed by atoms with Gasteiger partial charge in [0.1, 0.15) is 11.5 Å². The van der Waals surface area contributed by atoms with Gasteiger partial charge in [-0.1, -0.05) is 23.7 Å². The fourth-order valence-electron chi connectivity index (χ4n) is 1.55. The number of hydrogen-bond acceptors (Lipinski definition) is 1. The van der Waals surface area contributed by atoms with Crippen molar-refractivity contribution in [1.29, 1.82) is 0 Å². The Morgan fingerprint density at radius 1 is 1.12 bits per heavy atom. The third-order valence-corrected chi connectivity index (χ3v) is 2.96. The summed E-state index contributed by atoms with van der Waals surface area (Å²) in [7, 11) is 0. The van der Waals surface area contributed by atoms with Crippen molar-refractivity contribution in [2.24, 2.45) is 0 Å². The largest absolute Gasteiger partial charge is 0.457 e. The van der Waals surface area contributed by atoms with Gasteiger partial charge < -0.3 is 4.74 Å². The van der Waals surface area contributed by atoms with E-state index in [-0.39, 0.29) is 0 Å². The van der Waals surface area contributed by atoms with Crippen LogP contribution in [0.4, 0.5) is 0 Å². The predicted octanol–water partition coefficient (Wildman–Crippen LogP) is 5.18. The second-order valence-electron chi connectivity index (χ2n) is 3.79. The smallest absolute Gasteiger partial charge is 0.130 e. The number of aryl methyl sites for hydroxylation is 1. The highest BCUT2D eigenvalue weighted by atomic mass is 35.5. The maximum Gasteiger partial charge on any atom is 0.130 e. The van der Waals surface area contributed by atoms with Crippen molar-refractivity contribution >= 4 is 23.2 Å². The Kier molecular flexibility index (Phi) is 3.93. The molecule has 0 aliphatic heterocycles. The molecule has 0 aromatic heterocycles. The lowest BCUT2D eigenvalue weighted by molar-refractivity contribution is 0.478. The van der Waals surface area contributed by atoms with E-state index in [0.29, 0.717) is 10.9 Å². The molecule has 0 atom stereocenters. The van der Waals surface area contributed by atoms with Crippen LogP contribution in [0.25, 0.3) is 0 Å². The van der Waals surface area contributed by atoms with Crippen LogP contribution in [-0.2, 0) is 5.88 Å². The van der Waals surface area contributed by atoms with Crippen molar-refractivity contribution in [3.05, 3.63) is 58.6 Å². The summed E-state index contributed by atoms with van der Waals surface area (Å²) < 4.78 is 5.79. The maximum absolute atomic E-state index is 5.89. The number of benzene rings is 2. The zero-order chi connectivity index (χ0) is 12.3. The Bertz CT molecular complexity index is 523. The van der Waals surface area contributed by atoms with E-state index in [0.717, 1.165) is 22.6 Å². The van der Waals surface area contributed by atoms with Crippen LogP contribution in [0, 0.1) is 6.92 Å². The highest BCUT2D eigenvalue weighted by Crippen LogP contribution is 2.27. The second kappa shape index (κ2) is 5.44. The topological polar surface area (TPSA) is 9.23 Å². The molecule has 0 saturated carbocycles. The minimum atomic E-state index is 0.483. The summed E-state index contributed by atoms with van der Waals surface area (Å²) in [5.41, 5.74) is 2.05. The van der Waals surface area contributed by atoms with E-state index < -0.39 is 0 Å². The number of rotatable bonds is 3. The molecule has 0 aliphatic rings. The third-order valence-electron chi connectivity index (χ3n) is 2.42. The van der Waals surface area contributed by atoms with Crippen molar-refractivity contribution in [1.82, 2.24) is 0 Å². The molecule has 0 heterocycles. The molecule has 17 heavy (non-hydrogen) atoms. The van der Waals surface area contributed by atoms with Crippen LogP contribution in [0.2, 0.25) is 5.02 Å². The maximum atomic E-state index is 5.89. The van der Waals surface area contributed by atoms with Gasteiger partial charge in [0.15, 0.2) is 0 Å². The lowest BCUT2D eigenvalue weighted by Gasteiger charge is -2.09. The molecule has 0 aliphatic carbocycles. The lowest BCUT2D eigenvalue weighted by Crippen LogP contribution is -1.88. The molecule has 0 bridgehead atoms. The van der Waals surface area contributed by atoms with Gasteiger partial charge in [0.25, 0.3) is 0 Å². The molecular weight excluding hydrogens is 255 g/mol. The van der Waals surface area contributed by atoms with Crippen LogP contribution in [-0.4, -0.2) is 0 Å². The van der Waals surface area contributed by atoms with E-state index in [9.17, 15) is 0 Å². The Morgan fingerprint density at radius 2 is 1.94 bits per heavy atom. The van der Waals surface area contributed by atoms with Crippen molar-refractivity contribution in [2.45, 2.75) is 12.8 Å². The van der Waals surface area contributed by atoms with Gasteiger partial charge in [-0.2, -0.15) is 0 Å². The van der Waals surface area contributed by atoms with E-state index in [1.54, 1.807) is 0 Å². The molecule has 88 valence electrons. The molecule has 0 unspecified atom stereocenters. The first-order chi connectivity index (χ1) is 8.19. The van der Waals surface area contributed by atoms with Gasteiger partial charge >= 0.3 is 0 Å². The Balaban J connectivity index is 2.25. The van der Waals surface area contributed by atoms with Crippen molar-refractivity contribution in [3.63, 3.8) is 0 Å². The summed E-state index contributed by atoms with van der Waals surface area (Å²) in [6.45, 7) is 1.96. The number of hydrogen-bond donors (Lipinski definition) is 0. The molecule has 1 nitrogen and oxygen atoms in total. The van der Waals surface area contributed by atoms with Gasteiger partial charge in [-0.25, -0.2) is 0 Å². The molecular formula is C14H12Cl2O. The van der Waals surface area contributed by atoms with Gasteiger partial charge in [-0.05, 0) is 48.4 Å². The van der Waals surface area contributed by atoms with E-state index in [4.69, 9.17) is 27.9 Å². The molecule has 0 radical (unpaired) electrons. The highest BCUT2D eigenvalue weighted by Gasteiger charge is 2.02. The van der Waals surface area contributed by atoms with Gasteiger partial charge in [-0.15, -0.1) is 11.6 Å². The quantitative estimate of drug-likeness (QED) is 0.696. The van der Waals surface area contributed by atoms with Gasteiger partial charge in [0, 0.05) is 10.9 Å². The summed E-state index contributed by atoms with van der Waals surface area (Å²) in [5, 5.41) is 0.712. The highest BCUT2D eigenvalue weighted by molar-refractivity contribution is 6.30. The molecule has 0 spiro atoms. The standard InChI is InChI=1S/C14H12Cl2O/c1-10-7-12(16)5-6-14(10)17-13-4-2-3-11(8-13)9-15/h2-8H,9H2,1H3. The monoisotopic (exact) mass is 266 g/mol. The minimum absolute atomic E-state index is 0.483. The zero-order valence-electron chi connectivity index (χ0n) is 9.41.